The molecule has 5 nitrogen and oxygen atoms in total. The molecule has 1 amide bonds. The molecule has 1 saturated heterocycles. The van der Waals surface area contributed by atoms with Gasteiger partial charge in [0.2, 0.25) is 0 Å². The number of nitrogens with one attached hydrogen (secondary N) is 2. The summed E-state index contributed by atoms with van der Waals surface area (Å²) >= 11 is 0. The van der Waals surface area contributed by atoms with Crippen LogP contribution >= 0.6 is 0 Å². The Morgan fingerprint density at radius 1 is 1.21 bits per heavy atom. The molecule has 0 unspecified atom stereocenters. The summed E-state index contributed by atoms with van der Waals surface area (Å²) in [5.41, 5.74) is 2.00. The zero-order valence-electron chi connectivity index (χ0n) is 17.5. The van der Waals surface area contributed by atoms with Crippen molar-refractivity contribution in [3.63, 3.8) is 0 Å². The molecule has 2 N–H and O–H groups in total. The van der Waals surface area contributed by atoms with Gasteiger partial charge in [0.15, 0.2) is 0 Å². The van der Waals surface area contributed by atoms with Crippen LogP contribution in [-0.2, 0) is 0 Å². The Bertz CT molecular complexity index is 831. The average Bonchev–Trinajstić information content (AvgIpc) is 2.69. The van der Waals surface area contributed by atoms with Gasteiger partial charge >= 0.3 is 0 Å². The van der Waals surface area contributed by atoms with Crippen LogP contribution in [0.5, 0.6) is 5.75 Å². The maximum Gasteiger partial charge on any atom is 0.251 e. The summed E-state index contributed by atoms with van der Waals surface area (Å²) in [5, 5.41) is 6.14. The second-order valence-corrected chi connectivity index (χ2v) is 7.91. The zero-order chi connectivity index (χ0) is 21.0. The standard InChI is InChI=1S/C23H30FN3O2/c1-15-5-6-19(11-21(15)24)22(14-27-12-16(2)26-17(3)13-27)29-20-9-7-18(8-10-20)23(28)25-4/h5-11,16-17,22,26H,12-14H2,1-4H3,(H,25,28)/t16-,17+,22-/m0/s1. The molecule has 0 saturated carbocycles. The number of rotatable bonds is 6. The number of aryl methyl sites for hydroxylation is 1. The molecule has 6 heteroatoms. The number of amides is 1. The van der Waals surface area contributed by atoms with E-state index in [0.717, 1.165) is 18.7 Å². The third-order valence-corrected chi connectivity index (χ3v) is 5.25. The Hall–Kier alpha value is -2.44. The van der Waals surface area contributed by atoms with Gasteiger partial charge in [-0.05, 0) is 62.2 Å². The zero-order valence-corrected chi connectivity index (χ0v) is 17.5. The largest absolute Gasteiger partial charge is 0.484 e. The molecule has 2 aromatic rings. The van der Waals surface area contributed by atoms with Gasteiger partial charge in [-0.3, -0.25) is 9.69 Å². The molecule has 0 radical (unpaired) electrons. The number of benzene rings is 2. The predicted molar refractivity (Wildman–Crippen MR) is 113 cm³/mol. The number of halogens is 1. The first kappa shape index (κ1) is 21.3. The molecule has 1 aliphatic heterocycles. The van der Waals surface area contributed by atoms with Gasteiger partial charge in [0, 0.05) is 44.3 Å². The molecule has 1 heterocycles. The molecule has 0 aromatic heterocycles. The Morgan fingerprint density at radius 2 is 1.86 bits per heavy atom. The van der Waals surface area contributed by atoms with Gasteiger partial charge in [-0.1, -0.05) is 12.1 Å². The molecule has 2 aromatic carbocycles. The van der Waals surface area contributed by atoms with Crippen molar-refractivity contribution >= 4 is 5.91 Å². The smallest absolute Gasteiger partial charge is 0.251 e. The van der Waals surface area contributed by atoms with Crippen molar-refractivity contribution in [2.24, 2.45) is 0 Å². The minimum Gasteiger partial charge on any atom is -0.484 e. The highest BCUT2D eigenvalue weighted by atomic mass is 19.1. The highest BCUT2D eigenvalue weighted by Gasteiger charge is 2.25. The molecule has 0 spiro atoms. The van der Waals surface area contributed by atoms with E-state index in [9.17, 15) is 9.18 Å². The van der Waals surface area contributed by atoms with E-state index >= 15 is 0 Å². The molecular weight excluding hydrogens is 369 g/mol. The molecular formula is C23H30FN3O2. The van der Waals surface area contributed by atoms with Gasteiger partial charge in [0.1, 0.15) is 17.7 Å². The van der Waals surface area contributed by atoms with Crippen molar-refractivity contribution in [3.8, 4) is 5.75 Å². The van der Waals surface area contributed by atoms with E-state index in [2.05, 4.69) is 29.4 Å². The van der Waals surface area contributed by atoms with Crippen LogP contribution < -0.4 is 15.4 Å². The SMILES string of the molecule is CNC(=O)c1ccc(O[C@@H](CN2C[C@@H](C)N[C@@H](C)C2)c2ccc(C)c(F)c2)cc1. The minimum atomic E-state index is -0.312. The monoisotopic (exact) mass is 399 g/mol. The first-order valence-electron chi connectivity index (χ1n) is 10.1. The number of nitrogens with zero attached hydrogens (tertiary/aromatic N) is 1. The number of hydrogen-bond acceptors (Lipinski definition) is 4. The van der Waals surface area contributed by atoms with Gasteiger partial charge in [-0.2, -0.15) is 0 Å². The van der Waals surface area contributed by atoms with Crippen molar-refractivity contribution in [1.82, 2.24) is 15.5 Å². The van der Waals surface area contributed by atoms with Crippen molar-refractivity contribution in [2.75, 3.05) is 26.7 Å². The fraction of sp³-hybridized carbons (Fsp3) is 0.435. The molecule has 3 atom stereocenters. The number of carbonyl (C=O) groups excluding carboxylic acids is 1. The van der Waals surface area contributed by atoms with E-state index in [1.54, 1.807) is 50.4 Å². The molecule has 1 aliphatic rings. The second kappa shape index (κ2) is 9.37. The maximum absolute atomic E-state index is 14.2. The Labute approximate surface area is 172 Å². The lowest BCUT2D eigenvalue weighted by Crippen LogP contribution is -2.55. The molecule has 1 fully saturated rings. The van der Waals surface area contributed by atoms with E-state index < -0.39 is 0 Å². The van der Waals surface area contributed by atoms with Crippen LogP contribution in [0, 0.1) is 12.7 Å². The number of carbonyl (C=O) groups is 1. The van der Waals surface area contributed by atoms with E-state index in [4.69, 9.17) is 4.74 Å². The number of ether oxygens (including phenoxy) is 1. The summed E-state index contributed by atoms with van der Waals surface area (Å²) in [7, 11) is 1.60. The summed E-state index contributed by atoms with van der Waals surface area (Å²) in [6.45, 7) is 8.58. The Balaban J connectivity index is 1.82. The lowest BCUT2D eigenvalue weighted by atomic mass is 10.0. The summed E-state index contributed by atoms with van der Waals surface area (Å²) in [4.78, 5) is 14.1. The van der Waals surface area contributed by atoms with Crippen LogP contribution in [0.3, 0.4) is 0 Å². The van der Waals surface area contributed by atoms with Crippen LogP contribution in [0.25, 0.3) is 0 Å². The Morgan fingerprint density at radius 3 is 2.45 bits per heavy atom. The normalized spacial score (nSPS) is 20.9. The quantitative estimate of drug-likeness (QED) is 0.783. The molecule has 0 aliphatic carbocycles. The third kappa shape index (κ3) is 5.55. The molecule has 0 bridgehead atoms. The van der Waals surface area contributed by atoms with Gasteiger partial charge < -0.3 is 15.4 Å². The van der Waals surface area contributed by atoms with E-state index in [1.807, 2.05) is 6.07 Å². The van der Waals surface area contributed by atoms with E-state index in [1.165, 1.54) is 0 Å². The van der Waals surface area contributed by atoms with Gasteiger partial charge in [0.25, 0.3) is 5.91 Å². The minimum absolute atomic E-state index is 0.141. The van der Waals surface area contributed by atoms with Crippen LogP contribution in [0.4, 0.5) is 4.39 Å². The van der Waals surface area contributed by atoms with Crippen LogP contribution in [0.15, 0.2) is 42.5 Å². The van der Waals surface area contributed by atoms with Crippen molar-refractivity contribution in [1.29, 1.82) is 0 Å². The van der Waals surface area contributed by atoms with Crippen molar-refractivity contribution < 1.29 is 13.9 Å². The third-order valence-electron chi connectivity index (χ3n) is 5.25. The highest BCUT2D eigenvalue weighted by Crippen LogP contribution is 2.26. The number of piperazine rings is 1. The highest BCUT2D eigenvalue weighted by molar-refractivity contribution is 5.94. The molecule has 3 rings (SSSR count). The van der Waals surface area contributed by atoms with Crippen LogP contribution in [0.2, 0.25) is 0 Å². The lowest BCUT2D eigenvalue weighted by molar-refractivity contribution is 0.0962. The summed E-state index contributed by atoms with van der Waals surface area (Å²) in [6, 6.07) is 13.1. The Kier molecular flexibility index (Phi) is 6.87. The average molecular weight is 400 g/mol. The lowest BCUT2D eigenvalue weighted by Gasteiger charge is -2.38. The first-order chi connectivity index (χ1) is 13.9. The first-order valence-corrected chi connectivity index (χ1v) is 10.1. The summed E-state index contributed by atoms with van der Waals surface area (Å²) in [5.74, 6) is 0.283. The molecule has 156 valence electrons. The van der Waals surface area contributed by atoms with Crippen LogP contribution in [-0.4, -0.2) is 49.6 Å². The second-order valence-electron chi connectivity index (χ2n) is 7.91. The number of hydrogen-bond donors (Lipinski definition) is 2. The van der Waals surface area contributed by atoms with Crippen molar-refractivity contribution in [2.45, 2.75) is 39.0 Å². The van der Waals surface area contributed by atoms with Gasteiger partial charge in [-0.25, -0.2) is 4.39 Å². The van der Waals surface area contributed by atoms with Crippen LogP contribution in [0.1, 0.15) is 41.4 Å². The fourth-order valence-electron chi connectivity index (χ4n) is 3.84. The van der Waals surface area contributed by atoms with Crippen molar-refractivity contribution in [3.05, 3.63) is 65.0 Å². The predicted octanol–water partition coefficient (Wildman–Crippen LogP) is 3.30. The van der Waals surface area contributed by atoms with E-state index in [0.29, 0.717) is 35.5 Å². The summed E-state index contributed by atoms with van der Waals surface area (Å²) in [6.07, 6.45) is -0.312. The van der Waals surface area contributed by atoms with E-state index in [-0.39, 0.29) is 17.8 Å². The topological polar surface area (TPSA) is 53.6 Å². The summed E-state index contributed by atoms with van der Waals surface area (Å²) < 4.78 is 20.5. The van der Waals surface area contributed by atoms with Gasteiger partial charge in [0.05, 0.1) is 0 Å². The fourth-order valence-corrected chi connectivity index (χ4v) is 3.84. The maximum atomic E-state index is 14.2. The van der Waals surface area contributed by atoms with Gasteiger partial charge in [-0.15, -0.1) is 0 Å². The molecule has 29 heavy (non-hydrogen) atoms.